The van der Waals surface area contributed by atoms with Crippen LogP contribution in [0.1, 0.15) is 41.8 Å². The van der Waals surface area contributed by atoms with Gasteiger partial charge in [0, 0.05) is 0 Å². The van der Waals surface area contributed by atoms with E-state index in [9.17, 15) is 0 Å². The highest BCUT2D eigenvalue weighted by Crippen LogP contribution is 2.33. The third-order valence-electron chi connectivity index (χ3n) is 4.64. The van der Waals surface area contributed by atoms with Crippen molar-refractivity contribution in [1.29, 1.82) is 0 Å². The lowest BCUT2D eigenvalue weighted by Crippen LogP contribution is -2.23. The molecule has 3 aromatic rings. The van der Waals surface area contributed by atoms with Crippen molar-refractivity contribution >= 4 is 11.0 Å². The molecular weight excluding hydrogens is 290 g/mol. The second kappa shape index (κ2) is 5.83. The number of fused-ring (bicyclic) bond motifs is 1. The Morgan fingerprint density at radius 2 is 2.17 bits per heavy atom. The van der Waals surface area contributed by atoms with Gasteiger partial charge in [0.05, 0.1) is 23.6 Å². The maximum Gasteiger partial charge on any atom is 0.129 e. The average molecular weight is 311 g/mol. The lowest BCUT2D eigenvalue weighted by Gasteiger charge is -2.21. The monoisotopic (exact) mass is 311 g/mol. The Morgan fingerprint density at radius 3 is 2.96 bits per heavy atom. The molecule has 1 aliphatic heterocycles. The number of aliphatic hydroxyl groups excluding tert-OH is 1. The minimum atomic E-state index is -0.0493. The summed E-state index contributed by atoms with van der Waals surface area (Å²) in [7, 11) is 0. The standard InChI is InChI=1S/C18H21N3O2/c1-12-4-2-5-15-17(12)20-18(19-15)16-6-3-9-21(16)10-13-7-8-14(11-22)23-13/h2,4-5,7-8,16,22H,3,6,9-11H2,1H3,(H,19,20)/t16-/m0/s1. The fourth-order valence-corrected chi connectivity index (χ4v) is 3.47. The summed E-state index contributed by atoms with van der Waals surface area (Å²) in [5.41, 5.74) is 3.37. The first kappa shape index (κ1) is 14.5. The van der Waals surface area contributed by atoms with Gasteiger partial charge in [-0.2, -0.15) is 0 Å². The van der Waals surface area contributed by atoms with Crippen LogP contribution in [-0.2, 0) is 13.2 Å². The number of imidazole rings is 1. The maximum absolute atomic E-state index is 9.13. The highest BCUT2D eigenvalue weighted by atomic mass is 16.4. The first-order chi connectivity index (χ1) is 11.2. The Kier molecular flexibility index (Phi) is 3.67. The first-order valence-electron chi connectivity index (χ1n) is 8.12. The van der Waals surface area contributed by atoms with Crippen molar-refractivity contribution in [1.82, 2.24) is 14.9 Å². The van der Waals surface area contributed by atoms with Crippen LogP contribution >= 0.6 is 0 Å². The van der Waals surface area contributed by atoms with Crippen LogP contribution in [0.4, 0.5) is 0 Å². The number of furan rings is 1. The van der Waals surface area contributed by atoms with E-state index in [0.29, 0.717) is 11.8 Å². The molecule has 4 rings (SSSR count). The van der Waals surface area contributed by atoms with E-state index in [4.69, 9.17) is 14.5 Å². The van der Waals surface area contributed by atoms with E-state index in [1.165, 1.54) is 5.56 Å². The molecule has 2 N–H and O–H groups in total. The van der Waals surface area contributed by atoms with Crippen molar-refractivity contribution in [3.05, 3.63) is 53.2 Å². The minimum absolute atomic E-state index is 0.0493. The fourth-order valence-electron chi connectivity index (χ4n) is 3.47. The summed E-state index contributed by atoms with van der Waals surface area (Å²) in [6.07, 6.45) is 2.26. The molecule has 0 unspecified atom stereocenters. The molecule has 1 aliphatic rings. The molecule has 3 heterocycles. The van der Waals surface area contributed by atoms with Crippen LogP contribution in [0.25, 0.3) is 11.0 Å². The van der Waals surface area contributed by atoms with E-state index >= 15 is 0 Å². The van der Waals surface area contributed by atoms with Crippen LogP contribution in [0.15, 0.2) is 34.7 Å². The number of aliphatic hydroxyl groups is 1. The number of aromatic nitrogens is 2. The van der Waals surface area contributed by atoms with Crippen molar-refractivity contribution in [3.8, 4) is 0 Å². The molecule has 120 valence electrons. The lowest BCUT2D eigenvalue weighted by molar-refractivity contribution is 0.206. The van der Waals surface area contributed by atoms with E-state index in [1.807, 2.05) is 12.1 Å². The Hall–Kier alpha value is -2.11. The van der Waals surface area contributed by atoms with E-state index < -0.39 is 0 Å². The third kappa shape index (κ3) is 2.66. The highest BCUT2D eigenvalue weighted by Gasteiger charge is 2.29. The highest BCUT2D eigenvalue weighted by molar-refractivity contribution is 5.78. The Balaban J connectivity index is 1.59. The zero-order valence-electron chi connectivity index (χ0n) is 13.2. The van der Waals surface area contributed by atoms with E-state index in [0.717, 1.165) is 48.5 Å². The molecule has 0 radical (unpaired) electrons. The van der Waals surface area contributed by atoms with Gasteiger partial charge in [0.2, 0.25) is 0 Å². The van der Waals surface area contributed by atoms with Gasteiger partial charge in [-0.25, -0.2) is 4.98 Å². The van der Waals surface area contributed by atoms with Crippen LogP contribution in [0.5, 0.6) is 0 Å². The van der Waals surface area contributed by atoms with Gasteiger partial charge in [-0.05, 0) is 50.1 Å². The summed E-state index contributed by atoms with van der Waals surface area (Å²) in [6.45, 7) is 3.83. The largest absolute Gasteiger partial charge is 0.462 e. The summed E-state index contributed by atoms with van der Waals surface area (Å²) in [5, 5.41) is 9.13. The topological polar surface area (TPSA) is 65.3 Å². The number of hydrogen-bond acceptors (Lipinski definition) is 4. The normalized spacial score (nSPS) is 19.0. The van der Waals surface area contributed by atoms with E-state index in [1.54, 1.807) is 0 Å². The lowest BCUT2D eigenvalue weighted by atomic mass is 10.2. The Morgan fingerprint density at radius 1 is 1.30 bits per heavy atom. The molecule has 5 nitrogen and oxygen atoms in total. The van der Waals surface area contributed by atoms with Crippen LogP contribution in [0, 0.1) is 6.92 Å². The summed E-state index contributed by atoms with van der Waals surface area (Å²) < 4.78 is 5.63. The summed E-state index contributed by atoms with van der Waals surface area (Å²) in [6, 6.07) is 10.3. The van der Waals surface area contributed by atoms with Gasteiger partial charge in [0.25, 0.3) is 0 Å². The number of rotatable bonds is 4. The van der Waals surface area contributed by atoms with Crippen molar-refractivity contribution in [2.75, 3.05) is 6.54 Å². The number of aryl methyl sites for hydroxylation is 1. The van der Waals surface area contributed by atoms with Crippen molar-refractivity contribution in [2.45, 2.75) is 39.0 Å². The van der Waals surface area contributed by atoms with Gasteiger partial charge in [-0.1, -0.05) is 12.1 Å². The number of hydrogen-bond donors (Lipinski definition) is 2. The zero-order chi connectivity index (χ0) is 15.8. The number of aromatic amines is 1. The smallest absolute Gasteiger partial charge is 0.129 e. The maximum atomic E-state index is 9.13. The molecule has 0 saturated carbocycles. The average Bonchev–Trinajstić information content (AvgIpc) is 3.26. The van der Waals surface area contributed by atoms with Crippen LogP contribution in [0.2, 0.25) is 0 Å². The van der Waals surface area contributed by atoms with Crippen LogP contribution < -0.4 is 0 Å². The van der Waals surface area contributed by atoms with Gasteiger partial charge in [0.15, 0.2) is 0 Å². The molecular formula is C18H21N3O2. The molecule has 1 atom stereocenters. The molecule has 5 heteroatoms. The van der Waals surface area contributed by atoms with Gasteiger partial charge >= 0.3 is 0 Å². The molecule has 0 spiro atoms. The van der Waals surface area contributed by atoms with Crippen molar-refractivity contribution in [2.24, 2.45) is 0 Å². The summed E-state index contributed by atoms with van der Waals surface area (Å²) in [5.74, 6) is 2.56. The number of benzene rings is 1. The Bertz CT molecular complexity index is 821. The molecule has 0 aliphatic carbocycles. The predicted molar refractivity (Wildman–Crippen MR) is 87.8 cm³/mol. The third-order valence-corrected chi connectivity index (χ3v) is 4.64. The second-order valence-electron chi connectivity index (χ2n) is 6.25. The Labute approximate surface area is 134 Å². The van der Waals surface area contributed by atoms with E-state index in [2.05, 4.69) is 35.0 Å². The molecule has 1 saturated heterocycles. The van der Waals surface area contributed by atoms with Crippen LogP contribution in [-0.4, -0.2) is 26.5 Å². The summed E-state index contributed by atoms with van der Waals surface area (Å²) >= 11 is 0. The van der Waals surface area contributed by atoms with Crippen molar-refractivity contribution in [3.63, 3.8) is 0 Å². The number of H-pyrrole nitrogens is 1. The molecule has 1 aromatic carbocycles. The number of nitrogens with zero attached hydrogens (tertiary/aromatic N) is 2. The molecule has 0 bridgehead atoms. The molecule has 2 aromatic heterocycles. The quantitative estimate of drug-likeness (QED) is 0.776. The second-order valence-corrected chi connectivity index (χ2v) is 6.25. The summed E-state index contributed by atoms with van der Waals surface area (Å²) in [4.78, 5) is 10.7. The van der Waals surface area contributed by atoms with Gasteiger partial charge < -0.3 is 14.5 Å². The van der Waals surface area contributed by atoms with Gasteiger partial charge in [-0.3, -0.25) is 4.90 Å². The molecule has 23 heavy (non-hydrogen) atoms. The zero-order valence-corrected chi connectivity index (χ0v) is 13.2. The number of likely N-dealkylation sites (tertiary alicyclic amines) is 1. The van der Waals surface area contributed by atoms with E-state index in [-0.39, 0.29) is 6.61 Å². The number of nitrogens with one attached hydrogen (secondary N) is 1. The van der Waals surface area contributed by atoms with Gasteiger partial charge in [0.1, 0.15) is 24.0 Å². The fraction of sp³-hybridized carbons (Fsp3) is 0.389. The number of para-hydroxylation sites is 1. The van der Waals surface area contributed by atoms with Crippen LogP contribution in [0.3, 0.4) is 0 Å². The van der Waals surface area contributed by atoms with Gasteiger partial charge in [-0.15, -0.1) is 0 Å². The first-order valence-corrected chi connectivity index (χ1v) is 8.12. The van der Waals surface area contributed by atoms with Crippen molar-refractivity contribution < 1.29 is 9.52 Å². The predicted octanol–water partition coefficient (Wildman–Crippen LogP) is 3.29. The SMILES string of the molecule is Cc1cccc2[nH]c([C@@H]3CCCN3Cc3ccc(CO)o3)nc12. The molecule has 0 amide bonds. The molecule has 1 fully saturated rings. The minimum Gasteiger partial charge on any atom is -0.462 e.